The number of nitrogens with zero attached hydrogens (tertiary/aromatic N) is 2. The van der Waals surface area contributed by atoms with E-state index in [0.29, 0.717) is 11.1 Å². The van der Waals surface area contributed by atoms with Gasteiger partial charge in [-0.3, -0.25) is 9.36 Å². The topological polar surface area (TPSA) is 70.0 Å². The van der Waals surface area contributed by atoms with Crippen molar-refractivity contribution in [2.24, 2.45) is 12.8 Å². The van der Waals surface area contributed by atoms with Crippen molar-refractivity contribution in [1.82, 2.24) is 9.13 Å². The molecule has 0 aliphatic heterocycles. The van der Waals surface area contributed by atoms with Crippen molar-refractivity contribution in [3.63, 3.8) is 0 Å². The van der Waals surface area contributed by atoms with Crippen molar-refractivity contribution in [2.75, 3.05) is 6.54 Å². The summed E-state index contributed by atoms with van der Waals surface area (Å²) < 4.78 is 15.7. The average Bonchev–Trinajstić information content (AvgIpc) is 2.47. The van der Waals surface area contributed by atoms with Crippen LogP contribution in [0.3, 0.4) is 0 Å². The van der Waals surface area contributed by atoms with Gasteiger partial charge in [-0.15, -0.1) is 0 Å². The van der Waals surface area contributed by atoms with Crippen molar-refractivity contribution in [1.29, 1.82) is 0 Å². The van der Waals surface area contributed by atoms with Gasteiger partial charge in [0.05, 0.1) is 13.1 Å². The molecular weight excluding hydrogens is 273 g/mol. The summed E-state index contributed by atoms with van der Waals surface area (Å²) in [6.45, 7) is 0.171. The molecule has 2 N–H and O–H groups in total. The quantitative estimate of drug-likeness (QED) is 0.793. The van der Waals surface area contributed by atoms with Crippen LogP contribution in [-0.4, -0.2) is 15.7 Å². The zero-order valence-corrected chi connectivity index (χ0v) is 11.5. The number of hydrogen-bond acceptors (Lipinski definition) is 3. The number of rotatable bonds is 2. The molecule has 2 rings (SSSR count). The zero-order chi connectivity index (χ0) is 15.4. The van der Waals surface area contributed by atoms with Gasteiger partial charge in [-0.25, -0.2) is 9.18 Å². The van der Waals surface area contributed by atoms with Gasteiger partial charge in [0, 0.05) is 24.9 Å². The molecule has 2 aromatic rings. The minimum atomic E-state index is -0.440. The summed E-state index contributed by atoms with van der Waals surface area (Å²) in [6, 6.07) is 5.34. The third-order valence-corrected chi connectivity index (χ3v) is 2.96. The molecule has 1 aromatic heterocycles. The Bertz CT molecular complexity index is 840. The summed E-state index contributed by atoms with van der Waals surface area (Å²) >= 11 is 0. The fourth-order valence-corrected chi connectivity index (χ4v) is 1.88. The van der Waals surface area contributed by atoms with Crippen molar-refractivity contribution < 1.29 is 4.39 Å². The van der Waals surface area contributed by atoms with E-state index in [1.54, 1.807) is 7.05 Å². The first-order valence-electron chi connectivity index (χ1n) is 6.27. The van der Waals surface area contributed by atoms with Gasteiger partial charge < -0.3 is 10.3 Å². The predicted octanol–water partition coefficient (Wildman–Crippen LogP) is 0.0446. The van der Waals surface area contributed by atoms with E-state index >= 15 is 0 Å². The lowest BCUT2D eigenvalue weighted by molar-refractivity contribution is 0.619. The smallest absolute Gasteiger partial charge is 0.320 e. The van der Waals surface area contributed by atoms with Gasteiger partial charge in [0.1, 0.15) is 5.82 Å². The maximum atomic E-state index is 13.3. The van der Waals surface area contributed by atoms with E-state index in [1.807, 2.05) is 0 Å². The molecule has 1 aromatic carbocycles. The minimum Gasteiger partial charge on any atom is -0.320 e. The number of benzene rings is 1. The highest BCUT2D eigenvalue weighted by Gasteiger charge is 2.08. The molecule has 0 unspecified atom stereocenters. The highest BCUT2D eigenvalue weighted by Crippen LogP contribution is 2.11. The Hall–Kier alpha value is -2.65. The summed E-state index contributed by atoms with van der Waals surface area (Å²) in [5.74, 6) is 4.95. The van der Waals surface area contributed by atoms with Gasteiger partial charge in [0.15, 0.2) is 0 Å². The van der Waals surface area contributed by atoms with Crippen molar-refractivity contribution >= 4 is 0 Å². The molecule has 1 heterocycles. The van der Waals surface area contributed by atoms with E-state index < -0.39 is 17.1 Å². The first kappa shape index (κ1) is 14.8. The van der Waals surface area contributed by atoms with Crippen LogP contribution >= 0.6 is 0 Å². The van der Waals surface area contributed by atoms with Crippen LogP contribution in [0.2, 0.25) is 0 Å². The van der Waals surface area contributed by atoms with Crippen LogP contribution in [0.1, 0.15) is 11.1 Å². The number of hydrogen-bond donors (Lipinski definition) is 1. The van der Waals surface area contributed by atoms with Crippen LogP contribution in [0.4, 0.5) is 4.39 Å². The van der Waals surface area contributed by atoms with Crippen molar-refractivity contribution in [3.8, 4) is 11.8 Å². The van der Waals surface area contributed by atoms with Gasteiger partial charge in [0.2, 0.25) is 0 Å². The summed E-state index contributed by atoms with van der Waals surface area (Å²) in [4.78, 5) is 23.8. The lowest BCUT2D eigenvalue weighted by atomic mass is 10.1. The second-order valence-corrected chi connectivity index (χ2v) is 4.44. The maximum absolute atomic E-state index is 13.3. The van der Waals surface area contributed by atoms with Gasteiger partial charge in [-0.2, -0.15) is 0 Å². The summed E-state index contributed by atoms with van der Waals surface area (Å²) in [5, 5.41) is 0. The summed E-state index contributed by atoms with van der Waals surface area (Å²) in [5.41, 5.74) is 5.45. The van der Waals surface area contributed by atoms with E-state index in [1.165, 1.54) is 35.0 Å². The lowest BCUT2D eigenvalue weighted by Crippen LogP contribution is -2.38. The van der Waals surface area contributed by atoms with Crippen LogP contribution in [0.5, 0.6) is 0 Å². The molecule has 6 heteroatoms. The zero-order valence-electron chi connectivity index (χ0n) is 11.5. The standard InChI is InChI=1S/C15H14FN3O2/c1-18-8-6-14(20)19(15(18)21)10-12-4-5-13(16)9-11(12)3-2-7-17/h4-6,8-9H,7,10,17H2,1H3. The summed E-state index contributed by atoms with van der Waals surface area (Å²) in [7, 11) is 1.55. The predicted molar refractivity (Wildman–Crippen MR) is 77.4 cm³/mol. The van der Waals surface area contributed by atoms with E-state index in [4.69, 9.17) is 5.73 Å². The highest BCUT2D eigenvalue weighted by atomic mass is 19.1. The molecule has 0 aliphatic carbocycles. The Morgan fingerprint density at radius 1 is 1.29 bits per heavy atom. The third kappa shape index (κ3) is 3.27. The Kier molecular flexibility index (Phi) is 4.36. The molecule has 0 atom stereocenters. The number of nitrogens with two attached hydrogens (primary N) is 1. The van der Waals surface area contributed by atoms with Crippen LogP contribution < -0.4 is 17.0 Å². The first-order chi connectivity index (χ1) is 10.0. The van der Waals surface area contributed by atoms with Crippen LogP contribution in [0, 0.1) is 17.7 Å². The molecule has 0 amide bonds. The molecule has 0 saturated heterocycles. The van der Waals surface area contributed by atoms with E-state index in [9.17, 15) is 14.0 Å². The number of aryl methyl sites for hydroxylation is 1. The SMILES string of the molecule is Cn1ccc(=O)n(Cc2ccc(F)cc2C#CCN)c1=O. The third-order valence-electron chi connectivity index (χ3n) is 2.96. The van der Waals surface area contributed by atoms with Gasteiger partial charge >= 0.3 is 5.69 Å². The fourth-order valence-electron chi connectivity index (χ4n) is 1.88. The van der Waals surface area contributed by atoms with E-state index in [0.717, 1.165) is 4.57 Å². The van der Waals surface area contributed by atoms with Crippen LogP contribution in [0.15, 0.2) is 40.1 Å². The highest BCUT2D eigenvalue weighted by molar-refractivity contribution is 5.42. The number of halogens is 1. The van der Waals surface area contributed by atoms with E-state index in [2.05, 4.69) is 11.8 Å². The van der Waals surface area contributed by atoms with Crippen molar-refractivity contribution in [2.45, 2.75) is 6.54 Å². The largest absolute Gasteiger partial charge is 0.331 e. The minimum absolute atomic E-state index is 0.0290. The molecule has 0 fully saturated rings. The van der Waals surface area contributed by atoms with Crippen molar-refractivity contribution in [3.05, 3.63) is 68.2 Å². The molecule has 21 heavy (non-hydrogen) atoms. The van der Waals surface area contributed by atoms with Gasteiger partial charge in [-0.1, -0.05) is 17.9 Å². The molecule has 0 spiro atoms. The van der Waals surface area contributed by atoms with Gasteiger partial charge in [0.25, 0.3) is 5.56 Å². The molecule has 0 bridgehead atoms. The first-order valence-corrected chi connectivity index (χ1v) is 6.27. The number of aromatic nitrogens is 2. The van der Waals surface area contributed by atoms with Gasteiger partial charge in [-0.05, 0) is 17.7 Å². The molecule has 0 radical (unpaired) electrons. The van der Waals surface area contributed by atoms with Crippen LogP contribution in [-0.2, 0) is 13.6 Å². The fraction of sp³-hybridized carbons (Fsp3) is 0.200. The molecule has 0 aliphatic rings. The Morgan fingerprint density at radius 2 is 2.05 bits per heavy atom. The molecule has 5 nitrogen and oxygen atoms in total. The van der Waals surface area contributed by atoms with E-state index in [-0.39, 0.29) is 13.1 Å². The maximum Gasteiger partial charge on any atom is 0.331 e. The monoisotopic (exact) mass is 287 g/mol. The Morgan fingerprint density at radius 3 is 2.76 bits per heavy atom. The molecule has 108 valence electrons. The summed E-state index contributed by atoms with van der Waals surface area (Å²) in [6.07, 6.45) is 1.40. The average molecular weight is 287 g/mol. The lowest BCUT2D eigenvalue weighted by Gasteiger charge is -2.08. The second-order valence-electron chi connectivity index (χ2n) is 4.44. The Labute approximate surface area is 120 Å². The normalized spacial score (nSPS) is 10.0. The van der Waals surface area contributed by atoms with Crippen LogP contribution in [0.25, 0.3) is 0 Å². The Balaban J connectivity index is 2.53. The molecule has 0 saturated carbocycles. The molecular formula is C15H14FN3O2. The second kappa shape index (κ2) is 6.20.